The number of fused-ring (bicyclic) bond motifs is 3. The third kappa shape index (κ3) is 1.86. The second-order valence-electron chi connectivity index (χ2n) is 4.71. The minimum Gasteiger partial charge on any atom is -0.462 e. The number of nitrogens with zero attached hydrogens (tertiary/aromatic N) is 1. The summed E-state index contributed by atoms with van der Waals surface area (Å²) in [5.41, 5.74) is 2.96. The number of carbonyl (C=O) groups is 1. The normalized spacial score (nSPS) is 11.1. The van der Waals surface area contributed by atoms with Gasteiger partial charge in [-0.25, -0.2) is 4.79 Å². The van der Waals surface area contributed by atoms with Crippen molar-refractivity contribution in [1.29, 1.82) is 0 Å². The summed E-state index contributed by atoms with van der Waals surface area (Å²) in [6, 6.07) is 14.1. The van der Waals surface area contributed by atoms with Crippen LogP contribution in [0.1, 0.15) is 24.2 Å². The molecule has 0 saturated carbocycles. The van der Waals surface area contributed by atoms with Crippen LogP contribution in [0, 0.1) is 0 Å². The van der Waals surface area contributed by atoms with Gasteiger partial charge in [0.15, 0.2) is 0 Å². The average Bonchev–Trinajstić information content (AvgIpc) is 2.80. The Morgan fingerprint density at radius 3 is 2.55 bits per heavy atom. The molecule has 0 spiro atoms. The minimum absolute atomic E-state index is 0.261. The first-order valence-electron chi connectivity index (χ1n) is 6.94. The van der Waals surface area contributed by atoms with Gasteiger partial charge in [-0.15, -0.1) is 0 Å². The van der Waals surface area contributed by atoms with Gasteiger partial charge in [0, 0.05) is 28.4 Å². The number of carbonyl (C=O) groups excluding carboxylic acids is 1. The molecule has 0 saturated heterocycles. The van der Waals surface area contributed by atoms with Gasteiger partial charge in [0.25, 0.3) is 0 Å². The Labute approximate surface area is 117 Å². The lowest BCUT2D eigenvalue weighted by atomic mass is 10.1. The highest BCUT2D eigenvalue weighted by molar-refractivity contribution is 6.10. The van der Waals surface area contributed by atoms with Crippen LogP contribution in [-0.4, -0.2) is 17.1 Å². The maximum absolute atomic E-state index is 11.9. The first-order valence-corrected chi connectivity index (χ1v) is 6.94. The van der Waals surface area contributed by atoms with Gasteiger partial charge in [0.2, 0.25) is 0 Å². The average molecular weight is 267 g/mol. The molecule has 3 heteroatoms. The number of para-hydroxylation sites is 1. The van der Waals surface area contributed by atoms with E-state index in [1.165, 1.54) is 10.9 Å². The lowest BCUT2D eigenvalue weighted by molar-refractivity contribution is 0.0526. The van der Waals surface area contributed by atoms with Crippen LogP contribution >= 0.6 is 0 Å². The number of hydrogen-bond acceptors (Lipinski definition) is 2. The van der Waals surface area contributed by atoms with E-state index in [-0.39, 0.29) is 5.97 Å². The highest BCUT2D eigenvalue weighted by Crippen LogP contribution is 2.29. The van der Waals surface area contributed by atoms with E-state index in [0.29, 0.717) is 12.2 Å². The Bertz CT molecular complexity index is 786. The third-order valence-corrected chi connectivity index (χ3v) is 3.60. The lowest BCUT2D eigenvalue weighted by Gasteiger charge is -2.04. The van der Waals surface area contributed by atoms with E-state index in [2.05, 4.69) is 23.6 Å². The largest absolute Gasteiger partial charge is 0.462 e. The molecular weight excluding hydrogens is 250 g/mol. The van der Waals surface area contributed by atoms with Gasteiger partial charge in [-0.1, -0.05) is 18.2 Å². The van der Waals surface area contributed by atoms with Gasteiger partial charge in [-0.2, -0.15) is 0 Å². The second-order valence-corrected chi connectivity index (χ2v) is 4.71. The molecule has 20 heavy (non-hydrogen) atoms. The Morgan fingerprint density at radius 2 is 1.80 bits per heavy atom. The molecule has 0 aliphatic carbocycles. The lowest BCUT2D eigenvalue weighted by Crippen LogP contribution is -2.04. The molecule has 2 aromatic carbocycles. The van der Waals surface area contributed by atoms with Gasteiger partial charge < -0.3 is 9.30 Å². The summed E-state index contributed by atoms with van der Waals surface area (Å²) >= 11 is 0. The molecule has 0 bridgehead atoms. The molecule has 102 valence electrons. The number of aryl methyl sites for hydroxylation is 1. The van der Waals surface area contributed by atoms with Crippen LogP contribution in [0.5, 0.6) is 0 Å². The SMILES string of the molecule is CCOC(=O)c1ccc2c(c1)c1ccccc1n2CC. The standard InChI is InChI=1S/C17H17NO2/c1-3-18-15-8-6-5-7-13(15)14-11-12(9-10-16(14)18)17(19)20-4-2/h5-11H,3-4H2,1-2H3. The van der Waals surface area contributed by atoms with E-state index in [0.717, 1.165) is 17.4 Å². The Kier molecular flexibility index (Phi) is 3.18. The zero-order valence-corrected chi connectivity index (χ0v) is 11.7. The number of aromatic nitrogens is 1. The van der Waals surface area contributed by atoms with Gasteiger partial charge in [0.1, 0.15) is 0 Å². The van der Waals surface area contributed by atoms with Crippen LogP contribution in [0.4, 0.5) is 0 Å². The summed E-state index contributed by atoms with van der Waals surface area (Å²) in [7, 11) is 0. The van der Waals surface area contributed by atoms with Crippen molar-refractivity contribution >= 4 is 27.8 Å². The molecule has 3 aromatic rings. The predicted octanol–water partition coefficient (Wildman–Crippen LogP) is 3.99. The van der Waals surface area contributed by atoms with Gasteiger partial charge in [-0.05, 0) is 38.1 Å². The molecule has 0 aliphatic heterocycles. The molecule has 0 fully saturated rings. The first-order chi connectivity index (χ1) is 9.76. The maximum atomic E-state index is 11.9. The van der Waals surface area contributed by atoms with E-state index in [4.69, 9.17) is 4.74 Å². The highest BCUT2D eigenvalue weighted by atomic mass is 16.5. The second kappa shape index (κ2) is 5.00. The van der Waals surface area contributed by atoms with Crippen molar-refractivity contribution in [3.05, 3.63) is 48.0 Å². The zero-order chi connectivity index (χ0) is 14.1. The number of esters is 1. The molecule has 1 heterocycles. The van der Waals surface area contributed by atoms with Crippen molar-refractivity contribution in [1.82, 2.24) is 4.57 Å². The monoisotopic (exact) mass is 267 g/mol. The van der Waals surface area contributed by atoms with E-state index >= 15 is 0 Å². The van der Waals surface area contributed by atoms with Crippen molar-refractivity contribution in [3.8, 4) is 0 Å². The van der Waals surface area contributed by atoms with Gasteiger partial charge >= 0.3 is 5.97 Å². The van der Waals surface area contributed by atoms with Crippen LogP contribution in [-0.2, 0) is 11.3 Å². The minimum atomic E-state index is -0.261. The van der Waals surface area contributed by atoms with Crippen LogP contribution in [0.25, 0.3) is 21.8 Å². The molecular formula is C17H17NO2. The Hall–Kier alpha value is -2.29. The van der Waals surface area contributed by atoms with E-state index in [1.54, 1.807) is 0 Å². The van der Waals surface area contributed by atoms with Crippen molar-refractivity contribution in [3.63, 3.8) is 0 Å². The van der Waals surface area contributed by atoms with Gasteiger partial charge in [0.05, 0.1) is 12.2 Å². The summed E-state index contributed by atoms with van der Waals surface area (Å²) in [4.78, 5) is 11.9. The molecule has 0 atom stereocenters. The summed E-state index contributed by atoms with van der Waals surface area (Å²) < 4.78 is 7.34. The van der Waals surface area contributed by atoms with Crippen molar-refractivity contribution in [2.24, 2.45) is 0 Å². The fraction of sp³-hybridized carbons (Fsp3) is 0.235. The molecule has 3 nitrogen and oxygen atoms in total. The van der Waals surface area contributed by atoms with Crippen LogP contribution in [0.2, 0.25) is 0 Å². The van der Waals surface area contributed by atoms with E-state index in [9.17, 15) is 4.79 Å². The predicted molar refractivity (Wildman–Crippen MR) is 81.1 cm³/mol. The molecule has 0 amide bonds. The quantitative estimate of drug-likeness (QED) is 0.672. The van der Waals surface area contributed by atoms with Crippen molar-refractivity contribution in [2.75, 3.05) is 6.61 Å². The molecule has 0 aliphatic rings. The van der Waals surface area contributed by atoms with Gasteiger partial charge in [-0.3, -0.25) is 0 Å². The van der Waals surface area contributed by atoms with E-state index in [1.807, 2.05) is 37.3 Å². The summed E-state index contributed by atoms with van der Waals surface area (Å²) in [5.74, 6) is -0.261. The Morgan fingerprint density at radius 1 is 1.05 bits per heavy atom. The van der Waals surface area contributed by atoms with Crippen LogP contribution < -0.4 is 0 Å². The smallest absolute Gasteiger partial charge is 0.338 e. The number of rotatable bonds is 3. The van der Waals surface area contributed by atoms with Crippen LogP contribution in [0.3, 0.4) is 0 Å². The topological polar surface area (TPSA) is 31.2 Å². The molecule has 3 rings (SSSR count). The van der Waals surface area contributed by atoms with E-state index < -0.39 is 0 Å². The van der Waals surface area contributed by atoms with Crippen molar-refractivity contribution < 1.29 is 9.53 Å². The molecule has 1 aromatic heterocycles. The summed E-state index contributed by atoms with van der Waals surface area (Å²) in [5, 5.41) is 2.28. The first kappa shape index (κ1) is 12.7. The summed E-state index contributed by atoms with van der Waals surface area (Å²) in [6.45, 7) is 5.25. The molecule has 0 radical (unpaired) electrons. The highest BCUT2D eigenvalue weighted by Gasteiger charge is 2.12. The third-order valence-electron chi connectivity index (χ3n) is 3.60. The number of benzene rings is 2. The fourth-order valence-corrected chi connectivity index (χ4v) is 2.74. The molecule has 0 unspecified atom stereocenters. The Balaban J connectivity index is 2.28. The number of hydrogen-bond donors (Lipinski definition) is 0. The zero-order valence-electron chi connectivity index (χ0n) is 11.7. The summed E-state index contributed by atoms with van der Waals surface area (Å²) in [6.07, 6.45) is 0. The number of ether oxygens (including phenoxy) is 1. The fourth-order valence-electron chi connectivity index (χ4n) is 2.74. The van der Waals surface area contributed by atoms with Crippen molar-refractivity contribution in [2.45, 2.75) is 20.4 Å². The maximum Gasteiger partial charge on any atom is 0.338 e. The van der Waals surface area contributed by atoms with Crippen LogP contribution in [0.15, 0.2) is 42.5 Å². The molecule has 0 N–H and O–H groups in total.